The highest BCUT2D eigenvalue weighted by atomic mass is 19.1. The fourth-order valence-electron chi connectivity index (χ4n) is 3.01. The number of carboxylic acid groups (broad SMARTS) is 1. The van der Waals surface area contributed by atoms with Crippen LogP contribution < -0.4 is 5.56 Å². The lowest BCUT2D eigenvalue weighted by Gasteiger charge is -2.12. The van der Waals surface area contributed by atoms with Crippen molar-refractivity contribution in [3.8, 4) is 0 Å². The Kier molecular flexibility index (Phi) is 6.40. The van der Waals surface area contributed by atoms with Crippen LogP contribution in [-0.2, 0) is 22.6 Å². The molecule has 158 valence electrons. The SMILES string of the molecule is O=C(O)C(=O)/C=C(\O)c1cc(Cc2ccccc2F)cn(Cc2ccc(F)cc2)c1=O. The molecule has 2 aromatic carbocycles. The topological polar surface area (TPSA) is 96.6 Å². The van der Waals surface area contributed by atoms with E-state index in [9.17, 15) is 28.3 Å². The van der Waals surface area contributed by atoms with Gasteiger partial charge in [0.1, 0.15) is 17.4 Å². The Hall–Kier alpha value is -4.07. The third-order valence-electron chi connectivity index (χ3n) is 4.52. The number of ketones is 1. The Bertz CT molecular complexity index is 1230. The van der Waals surface area contributed by atoms with Gasteiger partial charge in [0.05, 0.1) is 12.1 Å². The van der Waals surface area contributed by atoms with Crippen molar-refractivity contribution >= 4 is 17.5 Å². The van der Waals surface area contributed by atoms with E-state index in [1.165, 1.54) is 53.2 Å². The number of rotatable bonds is 7. The molecular weight excluding hydrogens is 408 g/mol. The number of aromatic nitrogens is 1. The average Bonchev–Trinajstić information content (AvgIpc) is 2.73. The molecule has 1 heterocycles. The molecule has 0 unspecified atom stereocenters. The van der Waals surface area contributed by atoms with Gasteiger partial charge in [0.25, 0.3) is 11.3 Å². The Morgan fingerprint density at radius 3 is 2.29 bits per heavy atom. The Morgan fingerprint density at radius 1 is 0.968 bits per heavy atom. The fraction of sp³-hybridized carbons (Fsp3) is 0.0870. The molecule has 0 saturated carbocycles. The second kappa shape index (κ2) is 9.17. The van der Waals surface area contributed by atoms with Crippen molar-refractivity contribution in [1.82, 2.24) is 4.57 Å². The minimum absolute atomic E-state index is 0.0113. The lowest BCUT2D eigenvalue weighted by atomic mass is 10.0. The van der Waals surface area contributed by atoms with E-state index in [1.54, 1.807) is 12.1 Å². The molecule has 31 heavy (non-hydrogen) atoms. The zero-order valence-corrected chi connectivity index (χ0v) is 16.1. The predicted octanol–water partition coefficient (Wildman–Crippen LogP) is 3.32. The van der Waals surface area contributed by atoms with E-state index >= 15 is 0 Å². The van der Waals surface area contributed by atoms with Crippen LogP contribution in [-0.4, -0.2) is 26.5 Å². The summed E-state index contributed by atoms with van der Waals surface area (Å²) in [6.45, 7) is 0.0113. The number of benzene rings is 2. The van der Waals surface area contributed by atoms with Crippen LogP contribution in [0.1, 0.15) is 22.3 Å². The molecule has 0 bridgehead atoms. The number of aliphatic carboxylic acids is 1. The Balaban J connectivity index is 2.09. The third-order valence-corrected chi connectivity index (χ3v) is 4.52. The van der Waals surface area contributed by atoms with Crippen LogP contribution in [0.5, 0.6) is 0 Å². The molecule has 6 nitrogen and oxygen atoms in total. The highest BCUT2D eigenvalue weighted by Crippen LogP contribution is 2.17. The van der Waals surface area contributed by atoms with Crippen molar-refractivity contribution in [3.05, 3.63) is 111 Å². The number of carbonyl (C=O) groups excluding carboxylic acids is 1. The van der Waals surface area contributed by atoms with E-state index in [0.29, 0.717) is 22.8 Å². The minimum atomic E-state index is -1.79. The summed E-state index contributed by atoms with van der Waals surface area (Å²) in [6, 6.07) is 12.7. The summed E-state index contributed by atoms with van der Waals surface area (Å²) in [6.07, 6.45) is 1.98. The molecule has 0 fully saturated rings. The van der Waals surface area contributed by atoms with E-state index in [0.717, 1.165) is 0 Å². The van der Waals surface area contributed by atoms with Crippen LogP contribution in [0, 0.1) is 11.6 Å². The first-order chi connectivity index (χ1) is 14.7. The van der Waals surface area contributed by atoms with Gasteiger partial charge in [-0.25, -0.2) is 13.6 Å². The zero-order chi connectivity index (χ0) is 22.5. The first-order valence-corrected chi connectivity index (χ1v) is 9.14. The quantitative estimate of drug-likeness (QED) is 0.344. The van der Waals surface area contributed by atoms with Crippen LogP contribution in [0.15, 0.2) is 71.7 Å². The summed E-state index contributed by atoms with van der Waals surface area (Å²) in [5.74, 6) is -4.91. The molecule has 0 spiro atoms. The standard InChI is InChI=1S/C23H17F2NO5/c24-17-7-5-14(6-8-17)12-26-13-15(9-16-3-1-2-4-19(16)25)10-18(22(26)29)20(27)11-21(28)23(30)31/h1-8,10-11,13,27H,9,12H2,(H,30,31)/b20-11-. The van der Waals surface area contributed by atoms with E-state index in [-0.39, 0.29) is 18.5 Å². The molecule has 0 aliphatic rings. The Labute approximate surface area is 175 Å². The molecule has 0 amide bonds. The number of aliphatic hydroxyl groups excluding tert-OH is 1. The van der Waals surface area contributed by atoms with Gasteiger partial charge in [-0.15, -0.1) is 0 Å². The van der Waals surface area contributed by atoms with Crippen molar-refractivity contribution in [2.24, 2.45) is 0 Å². The minimum Gasteiger partial charge on any atom is -0.507 e. The number of pyridine rings is 1. The van der Waals surface area contributed by atoms with Crippen LogP contribution >= 0.6 is 0 Å². The molecule has 0 aliphatic heterocycles. The van der Waals surface area contributed by atoms with Crippen LogP contribution in [0.25, 0.3) is 5.76 Å². The molecular formula is C23H17F2NO5. The van der Waals surface area contributed by atoms with E-state index < -0.39 is 34.7 Å². The maximum absolute atomic E-state index is 14.1. The molecule has 0 saturated heterocycles. The Morgan fingerprint density at radius 2 is 1.65 bits per heavy atom. The molecule has 8 heteroatoms. The van der Waals surface area contributed by atoms with E-state index in [2.05, 4.69) is 0 Å². The second-order valence-electron chi connectivity index (χ2n) is 6.79. The van der Waals surface area contributed by atoms with Crippen molar-refractivity contribution < 1.29 is 28.6 Å². The lowest BCUT2D eigenvalue weighted by Crippen LogP contribution is -2.25. The number of hydrogen-bond donors (Lipinski definition) is 2. The summed E-state index contributed by atoms with van der Waals surface area (Å²) in [4.78, 5) is 35.1. The molecule has 0 atom stereocenters. The lowest BCUT2D eigenvalue weighted by molar-refractivity contribution is -0.146. The second-order valence-corrected chi connectivity index (χ2v) is 6.79. The molecule has 2 N–H and O–H groups in total. The highest BCUT2D eigenvalue weighted by molar-refractivity contribution is 6.38. The number of aliphatic hydroxyl groups is 1. The van der Waals surface area contributed by atoms with Gasteiger partial charge in [-0.2, -0.15) is 0 Å². The largest absolute Gasteiger partial charge is 0.507 e. The van der Waals surface area contributed by atoms with E-state index in [1.807, 2.05) is 0 Å². The number of hydrogen-bond acceptors (Lipinski definition) is 4. The molecule has 1 aromatic heterocycles. The predicted molar refractivity (Wildman–Crippen MR) is 109 cm³/mol. The average molecular weight is 425 g/mol. The first kappa shape index (κ1) is 21.6. The van der Waals surface area contributed by atoms with Crippen molar-refractivity contribution in [3.63, 3.8) is 0 Å². The maximum Gasteiger partial charge on any atom is 0.376 e. The van der Waals surface area contributed by atoms with Crippen LogP contribution in [0.2, 0.25) is 0 Å². The van der Waals surface area contributed by atoms with E-state index in [4.69, 9.17) is 5.11 Å². The van der Waals surface area contributed by atoms with Gasteiger partial charge in [-0.3, -0.25) is 9.59 Å². The number of carboxylic acids is 1. The fourth-order valence-corrected chi connectivity index (χ4v) is 3.01. The van der Waals surface area contributed by atoms with Gasteiger partial charge < -0.3 is 14.8 Å². The molecule has 3 rings (SSSR count). The summed E-state index contributed by atoms with van der Waals surface area (Å²) in [5, 5.41) is 19.0. The number of carbonyl (C=O) groups is 2. The van der Waals surface area contributed by atoms with Crippen LogP contribution in [0.3, 0.4) is 0 Å². The van der Waals surface area contributed by atoms with Crippen molar-refractivity contribution in [2.45, 2.75) is 13.0 Å². The highest BCUT2D eigenvalue weighted by Gasteiger charge is 2.16. The first-order valence-electron chi connectivity index (χ1n) is 9.14. The molecule has 0 radical (unpaired) electrons. The van der Waals surface area contributed by atoms with Crippen LogP contribution in [0.4, 0.5) is 8.78 Å². The van der Waals surface area contributed by atoms with Gasteiger partial charge in [-0.1, -0.05) is 30.3 Å². The summed E-state index contributed by atoms with van der Waals surface area (Å²) >= 11 is 0. The van der Waals surface area contributed by atoms with Gasteiger partial charge in [0, 0.05) is 18.7 Å². The molecule has 3 aromatic rings. The maximum atomic E-state index is 14.1. The van der Waals surface area contributed by atoms with Crippen molar-refractivity contribution in [2.75, 3.05) is 0 Å². The normalized spacial score (nSPS) is 11.4. The van der Waals surface area contributed by atoms with Gasteiger partial charge in [0.15, 0.2) is 0 Å². The van der Waals surface area contributed by atoms with Crippen molar-refractivity contribution in [1.29, 1.82) is 0 Å². The van der Waals surface area contributed by atoms with Gasteiger partial charge in [-0.05, 0) is 41.0 Å². The molecule has 0 aliphatic carbocycles. The summed E-state index contributed by atoms with van der Waals surface area (Å²) in [7, 11) is 0. The zero-order valence-electron chi connectivity index (χ0n) is 16.1. The smallest absolute Gasteiger partial charge is 0.376 e. The van der Waals surface area contributed by atoms with Gasteiger partial charge in [0.2, 0.25) is 0 Å². The summed E-state index contributed by atoms with van der Waals surface area (Å²) < 4.78 is 28.5. The number of nitrogens with zero attached hydrogens (tertiary/aromatic N) is 1. The third kappa shape index (κ3) is 5.30. The number of halogens is 2. The van der Waals surface area contributed by atoms with Gasteiger partial charge >= 0.3 is 5.97 Å². The monoisotopic (exact) mass is 425 g/mol. The summed E-state index contributed by atoms with van der Waals surface area (Å²) in [5.41, 5.74) is 0.344.